The number of hydrogen-bond acceptors (Lipinski definition) is 3. The van der Waals surface area contributed by atoms with Gasteiger partial charge < -0.3 is 4.90 Å². The van der Waals surface area contributed by atoms with E-state index in [4.69, 9.17) is 5.26 Å². The Bertz CT molecular complexity index is 464. The molecule has 0 spiro atoms. The lowest BCUT2D eigenvalue weighted by molar-refractivity contribution is -0.176. The lowest BCUT2D eigenvalue weighted by Crippen LogP contribution is -2.42. The van der Waals surface area contributed by atoms with Crippen LogP contribution in [0.4, 0.5) is 19.0 Å². The van der Waals surface area contributed by atoms with Gasteiger partial charge in [0.05, 0.1) is 5.92 Å². The molecular formula is C12H12F3N3. The molecule has 1 saturated heterocycles. The molecule has 1 aromatic heterocycles. The molecule has 0 aliphatic carbocycles. The summed E-state index contributed by atoms with van der Waals surface area (Å²) in [5, 5.41) is 8.73. The number of aromatic nitrogens is 1. The molecule has 1 aliphatic heterocycles. The van der Waals surface area contributed by atoms with Crippen LogP contribution in [-0.2, 0) is 0 Å². The van der Waals surface area contributed by atoms with Crippen molar-refractivity contribution in [2.24, 2.45) is 5.92 Å². The maximum atomic E-state index is 12.7. The van der Waals surface area contributed by atoms with Crippen LogP contribution in [0.5, 0.6) is 0 Å². The first-order valence-corrected chi connectivity index (χ1v) is 5.69. The number of hydrogen-bond donors (Lipinski definition) is 0. The van der Waals surface area contributed by atoms with Gasteiger partial charge in [0.2, 0.25) is 0 Å². The Labute approximate surface area is 103 Å². The summed E-state index contributed by atoms with van der Waals surface area (Å²) < 4.78 is 38.0. The fourth-order valence-corrected chi connectivity index (χ4v) is 2.11. The summed E-state index contributed by atoms with van der Waals surface area (Å²) in [7, 11) is 0. The number of nitrogens with zero attached hydrogens (tertiary/aromatic N) is 3. The summed E-state index contributed by atoms with van der Waals surface area (Å²) in [6.45, 7) is 0.472. The molecule has 0 aromatic carbocycles. The first kappa shape index (κ1) is 12.7. The SMILES string of the molecule is N#Cc1cccc(N2CCCC(C(F)(F)F)C2)n1. The molecule has 96 valence electrons. The van der Waals surface area contributed by atoms with E-state index in [0.717, 1.165) is 0 Å². The molecule has 0 saturated carbocycles. The van der Waals surface area contributed by atoms with Gasteiger partial charge >= 0.3 is 6.18 Å². The van der Waals surface area contributed by atoms with Crippen LogP contribution < -0.4 is 4.90 Å². The van der Waals surface area contributed by atoms with Gasteiger partial charge in [-0.15, -0.1) is 0 Å². The van der Waals surface area contributed by atoms with Gasteiger partial charge in [0.1, 0.15) is 17.6 Å². The maximum absolute atomic E-state index is 12.7. The van der Waals surface area contributed by atoms with Gasteiger partial charge in [0.25, 0.3) is 0 Å². The highest BCUT2D eigenvalue weighted by atomic mass is 19.4. The van der Waals surface area contributed by atoms with Crippen LogP contribution in [0.3, 0.4) is 0 Å². The smallest absolute Gasteiger partial charge is 0.356 e. The highest BCUT2D eigenvalue weighted by Gasteiger charge is 2.42. The van der Waals surface area contributed by atoms with E-state index >= 15 is 0 Å². The maximum Gasteiger partial charge on any atom is 0.393 e. The topological polar surface area (TPSA) is 39.9 Å². The van der Waals surface area contributed by atoms with Crippen LogP contribution in [0.1, 0.15) is 18.5 Å². The van der Waals surface area contributed by atoms with E-state index in [-0.39, 0.29) is 18.7 Å². The third-order valence-corrected chi connectivity index (χ3v) is 3.06. The van der Waals surface area contributed by atoms with Crippen LogP contribution >= 0.6 is 0 Å². The van der Waals surface area contributed by atoms with Crippen molar-refractivity contribution < 1.29 is 13.2 Å². The fourth-order valence-electron chi connectivity index (χ4n) is 2.11. The Morgan fingerprint density at radius 2 is 2.17 bits per heavy atom. The second-order valence-electron chi connectivity index (χ2n) is 4.32. The third-order valence-electron chi connectivity index (χ3n) is 3.06. The molecule has 2 rings (SSSR count). The van der Waals surface area contributed by atoms with E-state index in [9.17, 15) is 13.2 Å². The number of piperidine rings is 1. The number of rotatable bonds is 1. The van der Waals surface area contributed by atoms with Crippen molar-refractivity contribution in [1.29, 1.82) is 5.26 Å². The molecule has 1 fully saturated rings. The zero-order valence-corrected chi connectivity index (χ0v) is 9.61. The predicted octanol–water partition coefficient (Wildman–Crippen LogP) is 2.73. The van der Waals surface area contributed by atoms with Gasteiger partial charge in [0, 0.05) is 13.1 Å². The van der Waals surface area contributed by atoms with Gasteiger partial charge in [-0.1, -0.05) is 6.07 Å². The minimum atomic E-state index is -4.16. The molecule has 0 bridgehead atoms. The van der Waals surface area contributed by atoms with E-state index in [0.29, 0.717) is 18.8 Å². The van der Waals surface area contributed by atoms with Gasteiger partial charge in [-0.2, -0.15) is 18.4 Å². The predicted molar refractivity (Wildman–Crippen MR) is 59.9 cm³/mol. The van der Waals surface area contributed by atoms with Crippen molar-refractivity contribution in [1.82, 2.24) is 4.98 Å². The summed E-state index contributed by atoms with van der Waals surface area (Å²) in [6.07, 6.45) is -3.51. The molecule has 1 aromatic rings. The van der Waals surface area contributed by atoms with Crippen molar-refractivity contribution in [3.05, 3.63) is 23.9 Å². The highest BCUT2D eigenvalue weighted by molar-refractivity contribution is 5.42. The number of halogens is 3. The molecule has 0 radical (unpaired) electrons. The molecule has 0 N–H and O–H groups in total. The highest BCUT2D eigenvalue weighted by Crippen LogP contribution is 2.34. The minimum absolute atomic E-state index is 0.0780. The summed E-state index contributed by atoms with van der Waals surface area (Å²) in [5.41, 5.74) is 0.224. The molecular weight excluding hydrogens is 243 g/mol. The normalized spacial score (nSPS) is 20.6. The summed E-state index contributed by atoms with van der Waals surface area (Å²) in [6, 6.07) is 6.70. The van der Waals surface area contributed by atoms with Crippen molar-refractivity contribution in [2.75, 3.05) is 18.0 Å². The largest absolute Gasteiger partial charge is 0.393 e. The Kier molecular flexibility index (Phi) is 3.41. The number of alkyl halides is 3. The van der Waals surface area contributed by atoms with Crippen LogP contribution in [-0.4, -0.2) is 24.2 Å². The van der Waals surface area contributed by atoms with Gasteiger partial charge in [-0.05, 0) is 25.0 Å². The molecule has 3 nitrogen and oxygen atoms in total. The Balaban J connectivity index is 2.16. The third kappa shape index (κ3) is 2.73. The fraction of sp³-hybridized carbons (Fsp3) is 0.500. The van der Waals surface area contributed by atoms with Gasteiger partial charge in [0.15, 0.2) is 0 Å². The van der Waals surface area contributed by atoms with E-state index in [2.05, 4.69) is 4.98 Å². The van der Waals surface area contributed by atoms with E-state index < -0.39 is 12.1 Å². The summed E-state index contributed by atoms with van der Waals surface area (Å²) in [5.74, 6) is -0.859. The molecule has 2 heterocycles. The second kappa shape index (κ2) is 4.84. The average Bonchev–Trinajstić information content (AvgIpc) is 2.38. The molecule has 1 atom stereocenters. The molecule has 18 heavy (non-hydrogen) atoms. The van der Waals surface area contributed by atoms with Crippen molar-refractivity contribution in [3.8, 4) is 6.07 Å². The van der Waals surface area contributed by atoms with E-state index in [1.165, 1.54) is 6.07 Å². The Hall–Kier alpha value is -1.77. The van der Waals surface area contributed by atoms with E-state index in [1.807, 2.05) is 6.07 Å². The average molecular weight is 255 g/mol. The standard InChI is InChI=1S/C12H12F3N3/c13-12(14,15)9-3-2-6-18(8-9)11-5-1-4-10(7-16)17-11/h1,4-5,9H,2-3,6,8H2. The molecule has 6 heteroatoms. The molecule has 0 amide bonds. The minimum Gasteiger partial charge on any atom is -0.356 e. The van der Waals surface area contributed by atoms with Crippen LogP contribution in [0, 0.1) is 17.2 Å². The number of anilines is 1. The van der Waals surface area contributed by atoms with E-state index in [1.54, 1.807) is 17.0 Å². The number of nitriles is 1. The van der Waals surface area contributed by atoms with Crippen LogP contribution in [0.25, 0.3) is 0 Å². The Morgan fingerprint density at radius 3 is 2.83 bits per heavy atom. The lowest BCUT2D eigenvalue weighted by atomic mass is 9.97. The second-order valence-corrected chi connectivity index (χ2v) is 4.32. The zero-order valence-electron chi connectivity index (χ0n) is 9.61. The first-order chi connectivity index (χ1) is 8.50. The number of pyridine rings is 1. The lowest BCUT2D eigenvalue weighted by Gasteiger charge is -2.34. The summed E-state index contributed by atoms with van der Waals surface area (Å²) >= 11 is 0. The van der Waals surface area contributed by atoms with Crippen molar-refractivity contribution >= 4 is 5.82 Å². The quantitative estimate of drug-likeness (QED) is 0.774. The van der Waals surface area contributed by atoms with Crippen molar-refractivity contribution in [2.45, 2.75) is 19.0 Å². The van der Waals surface area contributed by atoms with Crippen LogP contribution in [0.2, 0.25) is 0 Å². The van der Waals surface area contributed by atoms with Gasteiger partial charge in [-0.25, -0.2) is 4.98 Å². The Morgan fingerprint density at radius 1 is 1.39 bits per heavy atom. The molecule has 1 aliphatic rings. The van der Waals surface area contributed by atoms with Gasteiger partial charge in [-0.3, -0.25) is 0 Å². The summed E-state index contributed by atoms with van der Waals surface area (Å²) in [4.78, 5) is 5.63. The molecule has 1 unspecified atom stereocenters. The van der Waals surface area contributed by atoms with Crippen molar-refractivity contribution in [3.63, 3.8) is 0 Å². The van der Waals surface area contributed by atoms with Crippen LogP contribution in [0.15, 0.2) is 18.2 Å². The zero-order chi connectivity index (χ0) is 13.2. The first-order valence-electron chi connectivity index (χ1n) is 5.69. The monoisotopic (exact) mass is 255 g/mol.